The van der Waals surface area contributed by atoms with Crippen LogP contribution in [-0.4, -0.2) is 42.2 Å². The van der Waals surface area contributed by atoms with Crippen LogP contribution in [0.25, 0.3) is 0 Å². The van der Waals surface area contributed by atoms with Crippen molar-refractivity contribution in [2.24, 2.45) is 0 Å². The van der Waals surface area contributed by atoms with Gasteiger partial charge in [0, 0.05) is 12.1 Å². The number of aliphatic hydroxyl groups is 1. The van der Waals surface area contributed by atoms with Gasteiger partial charge < -0.3 is 14.7 Å². The van der Waals surface area contributed by atoms with Crippen LogP contribution < -0.4 is 0 Å². The van der Waals surface area contributed by atoms with Crippen molar-refractivity contribution in [2.45, 2.75) is 6.10 Å². The number of halogens is 1. The Balaban J connectivity index is 2.03. The molecule has 1 aliphatic rings. The molecule has 17 heavy (non-hydrogen) atoms. The summed E-state index contributed by atoms with van der Waals surface area (Å²) in [5.41, 5.74) is 0.215. The van der Waals surface area contributed by atoms with Gasteiger partial charge in [-0.15, -0.1) is 0 Å². The van der Waals surface area contributed by atoms with E-state index in [1.54, 1.807) is 12.1 Å². The van der Waals surface area contributed by atoms with Crippen molar-refractivity contribution in [3.8, 4) is 0 Å². The third-order valence-corrected chi connectivity index (χ3v) is 2.74. The first-order valence-electron chi connectivity index (χ1n) is 5.46. The van der Waals surface area contributed by atoms with Gasteiger partial charge in [0.2, 0.25) is 5.91 Å². The van der Waals surface area contributed by atoms with Crippen LogP contribution in [0.4, 0.5) is 4.39 Å². The fourth-order valence-electron chi connectivity index (χ4n) is 1.80. The van der Waals surface area contributed by atoms with Crippen molar-refractivity contribution in [3.63, 3.8) is 0 Å². The van der Waals surface area contributed by atoms with E-state index in [-0.39, 0.29) is 24.6 Å². The second kappa shape index (κ2) is 5.25. The molecule has 0 aromatic heterocycles. The lowest BCUT2D eigenvalue weighted by Crippen LogP contribution is -2.43. The molecule has 1 unspecified atom stereocenters. The number of β-amino-alcohol motifs (C(OH)–C–C–N with tert-alkyl or cyclic N) is 1. The van der Waals surface area contributed by atoms with Gasteiger partial charge >= 0.3 is 0 Å². The molecule has 0 aliphatic carbocycles. The molecule has 1 aromatic rings. The SMILES string of the molecule is O=C1COCCN1CC(O)c1ccccc1F. The van der Waals surface area contributed by atoms with Gasteiger partial charge in [0.05, 0.1) is 19.3 Å². The van der Waals surface area contributed by atoms with Gasteiger partial charge in [0.1, 0.15) is 12.4 Å². The topological polar surface area (TPSA) is 49.8 Å². The zero-order chi connectivity index (χ0) is 12.3. The van der Waals surface area contributed by atoms with Crippen molar-refractivity contribution in [3.05, 3.63) is 35.6 Å². The Bertz CT molecular complexity index is 410. The number of nitrogens with zero attached hydrogens (tertiary/aromatic N) is 1. The van der Waals surface area contributed by atoms with E-state index in [1.165, 1.54) is 17.0 Å². The first kappa shape index (κ1) is 12.0. The lowest BCUT2D eigenvalue weighted by Gasteiger charge is -2.28. The number of carbonyl (C=O) groups is 1. The lowest BCUT2D eigenvalue weighted by molar-refractivity contribution is -0.144. The summed E-state index contributed by atoms with van der Waals surface area (Å²) in [4.78, 5) is 12.9. The molecule has 5 heteroatoms. The number of rotatable bonds is 3. The molecule has 1 N–H and O–H groups in total. The molecule has 1 aliphatic heterocycles. The predicted molar refractivity (Wildman–Crippen MR) is 58.8 cm³/mol. The molecule has 1 amide bonds. The van der Waals surface area contributed by atoms with Crippen LogP contribution >= 0.6 is 0 Å². The first-order valence-corrected chi connectivity index (χ1v) is 5.46. The van der Waals surface area contributed by atoms with E-state index in [9.17, 15) is 14.3 Å². The van der Waals surface area contributed by atoms with Gasteiger partial charge in [-0.1, -0.05) is 18.2 Å². The summed E-state index contributed by atoms with van der Waals surface area (Å²) in [6, 6.07) is 6.03. The minimum absolute atomic E-state index is 0.0317. The summed E-state index contributed by atoms with van der Waals surface area (Å²) in [5, 5.41) is 9.90. The number of aliphatic hydroxyl groups excluding tert-OH is 1. The zero-order valence-electron chi connectivity index (χ0n) is 9.30. The molecular formula is C12H14FNO3. The number of ether oxygens (including phenoxy) is 1. The van der Waals surface area contributed by atoms with E-state index in [4.69, 9.17) is 4.74 Å². The molecule has 0 spiro atoms. The monoisotopic (exact) mass is 239 g/mol. The number of amides is 1. The lowest BCUT2D eigenvalue weighted by atomic mass is 10.1. The van der Waals surface area contributed by atoms with Gasteiger partial charge in [0.15, 0.2) is 0 Å². The highest BCUT2D eigenvalue weighted by atomic mass is 19.1. The van der Waals surface area contributed by atoms with Crippen LogP contribution in [0.1, 0.15) is 11.7 Å². The van der Waals surface area contributed by atoms with Crippen LogP contribution in [-0.2, 0) is 9.53 Å². The smallest absolute Gasteiger partial charge is 0.248 e. The van der Waals surface area contributed by atoms with Crippen molar-refractivity contribution in [2.75, 3.05) is 26.3 Å². The Morgan fingerprint density at radius 1 is 1.47 bits per heavy atom. The van der Waals surface area contributed by atoms with Crippen LogP contribution in [0.5, 0.6) is 0 Å². The standard InChI is InChI=1S/C12H14FNO3/c13-10-4-2-1-3-9(10)11(15)7-14-5-6-17-8-12(14)16/h1-4,11,15H,5-8H2. The minimum Gasteiger partial charge on any atom is -0.386 e. The number of hydrogen-bond acceptors (Lipinski definition) is 3. The van der Waals surface area contributed by atoms with Gasteiger partial charge in [-0.3, -0.25) is 4.79 Å². The molecule has 0 saturated carbocycles. The average Bonchev–Trinajstić information content (AvgIpc) is 2.32. The quantitative estimate of drug-likeness (QED) is 0.845. The fourth-order valence-corrected chi connectivity index (χ4v) is 1.80. The number of hydrogen-bond donors (Lipinski definition) is 1. The maximum absolute atomic E-state index is 13.4. The van der Waals surface area contributed by atoms with E-state index in [0.717, 1.165) is 0 Å². The Morgan fingerprint density at radius 3 is 2.94 bits per heavy atom. The van der Waals surface area contributed by atoms with Gasteiger partial charge in [-0.05, 0) is 6.07 Å². The summed E-state index contributed by atoms with van der Waals surface area (Å²) in [5.74, 6) is -0.632. The minimum atomic E-state index is -1.00. The Labute approximate surface area is 98.6 Å². The van der Waals surface area contributed by atoms with E-state index < -0.39 is 11.9 Å². The third-order valence-electron chi connectivity index (χ3n) is 2.74. The maximum Gasteiger partial charge on any atom is 0.248 e. The summed E-state index contributed by atoms with van der Waals surface area (Å²) in [6.45, 7) is 1.02. The summed E-state index contributed by atoms with van der Waals surface area (Å²) < 4.78 is 18.4. The predicted octanol–water partition coefficient (Wildman–Crippen LogP) is 0.718. The van der Waals surface area contributed by atoms with Crippen LogP contribution in [0.3, 0.4) is 0 Å². The van der Waals surface area contributed by atoms with Crippen LogP contribution in [0.15, 0.2) is 24.3 Å². The van der Waals surface area contributed by atoms with Gasteiger partial charge in [0.25, 0.3) is 0 Å². The molecular weight excluding hydrogens is 225 g/mol. The van der Waals surface area contributed by atoms with Crippen molar-refractivity contribution in [1.82, 2.24) is 4.90 Å². The van der Waals surface area contributed by atoms with Gasteiger partial charge in [-0.25, -0.2) is 4.39 Å². The van der Waals surface area contributed by atoms with Gasteiger partial charge in [-0.2, -0.15) is 0 Å². The second-order valence-electron chi connectivity index (χ2n) is 3.93. The third kappa shape index (κ3) is 2.81. The highest BCUT2D eigenvalue weighted by Crippen LogP contribution is 2.18. The molecule has 0 radical (unpaired) electrons. The fraction of sp³-hybridized carbons (Fsp3) is 0.417. The molecule has 0 bridgehead atoms. The van der Waals surface area contributed by atoms with E-state index in [0.29, 0.717) is 13.2 Å². The summed E-state index contributed by atoms with van der Waals surface area (Å²) in [6.07, 6.45) is -1.00. The highest BCUT2D eigenvalue weighted by Gasteiger charge is 2.23. The van der Waals surface area contributed by atoms with E-state index in [1.807, 2.05) is 0 Å². The maximum atomic E-state index is 13.4. The average molecular weight is 239 g/mol. The van der Waals surface area contributed by atoms with Crippen molar-refractivity contribution < 1.29 is 19.0 Å². The molecule has 1 saturated heterocycles. The highest BCUT2D eigenvalue weighted by molar-refractivity contribution is 5.78. The van der Waals surface area contributed by atoms with Crippen LogP contribution in [0, 0.1) is 5.82 Å². The molecule has 1 atom stereocenters. The Hall–Kier alpha value is -1.46. The normalized spacial score (nSPS) is 18.2. The second-order valence-corrected chi connectivity index (χ2v) is 3.93. The molecule has 1 aromatic carbocycles. The number of morpholine rings is 1. The van der Waals surface area contributed by atoms with E-state index >= 15 is 0 Å². The van der Waals surface area contributed by atoms with Crippen LogP contribution in [0.2, 0.25) is 0 Å². The first-order chi connectivity index (χ1) is 8.18. The summed E-state index contributed by atoms with van der Waals surface area (Å²) in [7, 11) is 0. The zero-order valence-corrected chi connectivity index (χ0v) is 9.30. The number of carbonyl (C=O) groups excluding carboxylic acids is 1. The molecule has 1 heterocycles. The van der Waals surface area contributed by atoms with Crippen molar-refractivity contribution in [1.29, 1.82) is 0 Å². The molecule has 2 rings (SSSR count). The Kier molecular flexibility index (Phi) is 3.71. The van der Waals surface area contributed by atoms with Crippen molar-refractivity contribution >= 4 is 5.91 Å². The number of benzene rings is 1. The largest absolute Gasteiger partial charge is 0.386 e. The van der Waals surface area contributed by atoms with E-state index in [2.05, 4.69) is 0 Å². The Morgan fingerprint density at radius 2 is 2.24 bits per heavy atom. The molecule has 1 fully saturated rings. The molecule has 92 valence electrons. The summed E-state index contributed by atoms with van der Waals surface area (Å²) >= 11 is 0. The molecule has 4 nitrogen and oxygen atoms in total.